The van der Waals surface area contributed by atoms with E-state index in [-0.39, 0.29) is 24.6 Å². The van der Waals surface area contributed by atoms with Crippen LogP contribution in [0.5, 0.6) is 0 Å². The van der Waals surface area contributed by atoms with Crippen molar-refractivity contribution in [2.45, 2.75) is 44.6 Å². The Kier molecular flexibility index (Phi) is 9.29. The first kappa shape index (κ1) is 25.2. The largest absolute Gasteiger partial charge is 0.444 e. The number of halogens is 2. The number of hydrogen-bond acceptors (Lipinski definition) is 5. The molecular weight excluding hydrogens is 485 g/mol. The second-order valence-corrected chi connectivity index (χ2v) is 9.43. The maximum Gasteiger partial charge on any atom is 0.335 e. The molecule has 1 aliphatic heterocycles. The van der Waals surface area contributed by atoms with Crippen molar-refractivity contribution in [2.75, 3.05) is 6.73 Å². The van der Waals surface area contributed by atoms with E-state index < -0.39 is 5.50 Å². The Bertz CT molecular complexity index is 973. The minimum absolute atomic E-state index is 0.251. The molecule has 0 radical (unpaired) electrons. The Morgan fingerprint density at radius 3 is 2.30 bits per heavy atom. The lowest BCUT2D eigenvalue weighted by atomic mass is 10.2. The summed E-state index contributed by atoms with van der Waals surface area (Å²) in [6, 6.07) is 13.2. The van der Waals surface area contributed by atoms with Crippen LogP contribution in [0.25, 0.3) is 0 Å². The first-order valence-corrected chi connectivity index (χ1v) is 12.2. The highest BCUT2D eigenvalue weighted by molar-refractivity contribution is 7.98. The second-order valence-electron chi connectivity index (χ2n) is 7.46. The average molecular weight is 510 g/mol. The molecule has 1 atom stereocenters. The minimum Gasteiger partial charge on any atom is -0.444 e. The van der Waals surface area contributed by atoms with Gasteiger partial charge in [-0.05, 0) is 48.4 Å². The minimum atomic E-state index is -0.739. The van der Waals surface area contributed by atoms with Gasteiger partial charge in [-0.25, -0.2) is 4.79 Å². The van der Waals surface area contributed by atoms with Crippen molar-refractivity contribution in [3.8, 4) is 0 Å². The third-order valence-electron chi connectivity index (χ3n) is 4.92. The molecule has 0 aromatic heterocycles. The average Bonchev–Trinajstić information content (AvgIpc) is 3.08. The van der Waals surface area contributed by atoms with Crippen LogP contribution in [0.3, 0.4) is 0 Å². The van der Waals surface area contributed by atoms with E-state index in [1.807, 2.05) is 12.1 Å². The number of urea groups is 1. The standard InChI is InChI=1S/C23H25Cl2N3O4S/c1-2-3-4-5-20(29)32-15-27-22(26-21(30)17-8-12-19(25)13-9-17)33-28(23(27)31)14-16-6-10-18(24)11-7-16/h6-13,22H,2-5,14-15H2,1H3,(H,26,30). The Labute approximate surface area is 207 Å². The Morgan fingerprint density at radius 2 is 1.67 bits per heavy atom. The maximum atomic E-state index is 13.1. The summed E-state index contributed by atoms with van der Waals surface area (Å²) in [7, 11) is 0. The summed E-state index contributed by atoms with van der Waals surface area (Å²) in [5.74, 6) is -0.746. The van der Waals surface area contributed by atoms with E-state index in [4.69, 9.17) is 27.9 Å². The molecule has 0 spiro atoms. The first-order valence-electron chi connectivity index (χ1n) is 10.6. The molecule has 1 saturated heterocycles. The van der Waals surface area contributed by atoms with E-state index >= 15 is 0 Å². The van der Waals surface area contributed by atoms with Gasteiger partial charge in [0.05, 0.1) is 6.54 Å². The number of carbonyl (C=O) groups is 3. The Hall–Kier alpha value is -2.42. The zero-order valence-corrected chi connectivity index (χ0v) is 20.5. The smallest absolute Gasteiger partial charge is 0.335 e. The van der Waals surface area contributed by atoms with Crippen LogP contribution in [0, 0.1) is 0 Å². The molecule has 3 rings (SSSR count). The lowest BCUT2D eigenvalue weighted by Gasteiger charge is -2.22. The van der Waals surface area contributed by atoms with Crippen molar-refractivity contribution in [3.05, 3.63) is 69.7 Å². The van der Waals surface area contributed by atoms with Gasteiger partial charge in [0.15, 0.2) is 12.2 Å². The van der Waals surface area contributed by atoms with Crippen LogP contribution < -0.4 is 5.32 Å². The van der Waals surface area contributed by atoms with E-state index in [0.717, 1.165) is 36.8 Å². The summed E-state index contributed by atoms with van der Waals surface area (Å²) in [6.07, 6.45) is 2.95. The van der Waals surface area contributed by atoms with Crippen LogP contribution in [0.4, 0.5) is 4.79 Å². The maximum absolute atomic E-state index is 13.1. The Balaban J connectivity index is 1.69. The van der Waals surface area contributed by atoms with Crippen LogP contribution in [0.15, 0.2) is 48.5 Å². The summed E-state index contributed by atoms with van der Waals surface area (Å²) in [6.45, 7) is 2.10. The van der Waals surface area contributed by atoms with Gasteiger partial charge in [0, 0.05) is 34.0 Å². The predicted molar refractivity (Wildman–Crippen MR) is 130 cm³/mol. The van der Waals surface area contributed by atoms with Gasteiger partial charge in [0.25, 0.3) is 5.91 Å². The van der Waals surface area contributed by atoms with E-state index in [1.165, 1.54) is 9.21 Å². The van der Waals surface area contributed by atoms with E-state index in [1.54, 1.807) is 36.4 Å². The molecule has 1 unspecified atom stereocenters. The zero-order chi connectivity index (χ0) is 23.8. The highest BCUT2D eigenvalue weighted by Crippen LogP contribution is 2.31. The third kappa shape index (κ3) is 7.28. The highest BCUT2D eigenvalue weighted by Gasteiger charge is 2.40. The summed E-state index contributed by atoms with van der Waals surface area (Å²) < 4.78 is 6.85. The molecule has 2 aromatic carbocycles. The number of benzene rings is 2. The van der Waals surface area contributed by atoms with Gasteiger partial charge in [-0.3, -0.25) is 18.8 Å². The predicted octanol–water partition coefficient (Wildman–Crippen LogP) is 5.67. The molecule has 1 aliphatic rings. The molecule has 1 N–H and O–H groups in total. The first-order chi connectivity index (χ1) is 15.9. The zero-order valence-electron chi connectivity index (χ0n) is 18.1. The van der Waals surface area contributed by atoms with Gasteiger partial charge in [0.1, 0.15) is 0 Å². The molecule has 0 aliphatic carbocycles. The fourth-order valence-corrected chi connectivity index (χ4v) is 4.42. The monoisotopic (exact) mass is 509 g/mol. The number of unbranched alkanes of at least 4 members (excludes halogenated alkanes) is 2. The topological polar surface area (TPSA) is 79.0 Å². The van der Waals surface area contributed by atoms with Gasteiger partial charge in [-0.2, -0.15) is 0 Å². The van der Waals surface area contributed by atoms with Crippen molar-refractivity contribution >= 4 is 53.1 Å². The third-order valence-corrected chi connectivity index (χ3v) is 6.53. The highest BCUT2D eigenvalue weighted by atomic mass is 35.5. The van der Waals surface area contributed by atoms with Crippen molar-refractivity contribution in [1.82, 2.24) is 14.5 Å². The molecule has 1 heterocycles. The molecule has 176 valence electrons. The molecule has 3 amide bonds. The van der Waals surface area contributed by atoms with Crippen molar-refractivity contribution in [2.24, 2.45) is 0 Å². The molecule has 10 heteroatoms. The lowest BCUT2D eigenvalue weighted by molar-refractivity contribution is -0.147. The van der Waals surface area contributed by atoms with Gasteiger partial charge < -0.3 is 10.1 Å². The number of ether oxygens (including phenoxy) is 1. The van der Waals surface area contributed by atoms with E-state index in [2.05, 4.69) is 12.2 Å². The molecule has 2 aromatic rings. The molecule has 0 bridgehead atoms. The normalized spacial score (nSPS) is 15.6. The van der Waals surface area contributed by atoms with E-state index in [9.17, 15) is 14.4 Å². The van der Waals surface area contributed by atoms with Gasteiger partial charge in [-0.15, -0.1) is 0 Å². The number of amides is 3. The number of carbonyl (C=O) groups excluding carboxylic acids is 3. The SMILES string of the molecule is CCCCCC(=O)OCN1C(=O)N(Cc2ccc(Cl)cc2)SC1NC(=O)c1ccc(Cl)cc1. The Morgan fingerprint density at radius 1 is 1.03 bits per heavy atom. The van der Waals surface area contributed by atoms with Crippen molar-refractivity contribution < 1.29 is 19.1 Å². The quantitative estimate of drug-likeness (QED) is 0.253. The number of nitrogens with zero attached hydrogens (tertiary/aromatic N) is 2. The van der Waals surface area contributed by atoms with Crippen molar-refractivity contribution in [3.63, 3.8) is 0 Å². The van der Waals surface area contributed by atoms with Crippen LogP contribution in [0.1, 0.15) is 48.5 Å². The van der Waals surface area contributed by atoms with Crippen molar-refractivity contribution in [1.29, 1.82) is 0 Å². The fraction of sp³-hybridized carbons (Fsp3) is 0.348. The summed E-state index contributed by atoms with van der Waals surface area (Å²) in [5.41, 5.74) is 0.540. The number of esters is 1. The van der Waals surface area contributed by atoms with Gasteiger partial charge in [-0.1, -0.05) is 55.1 Å². The summed E-state index contributed by atoms with van der Waals surface area (Å²) in [5, 5.41) is 3.95. The summed E-state index contributed by atoms with van der Waals surface area (Å²) in [4.78, 5) is 39.2. The number of hydrogen-bond donors (Lipinski definition) is 1. The van der Waals surface area contributed by atoms with Crippen LogP contribution in [-0.4, -0.2) is 39.3 Å². The van der Waals surface area contributed by atoms with E-state index in [0.29, 0.717) is 28.6 Å². The molecule has 7 nitrogen and oxygen atoms in total. The lowest BCUT2D eigenvalue weighted by Crippen LogP contribution is -2.46. The van der Waals surface area contributed by atoms with Gasteiger partial charge in [0.2, 0.25) is 0 Å². The number of rotatable bonds is 10. The molecule has 33 heavy (non-hydrogen) atoms. The van der Waals surface area contributed by atoms with Gasteiger partial charge >= 0.3 is 12.0 Å². The molecule has 0 saturated carbocycles. The number of nitrogens with one attached hydrogen (secondary N) is 1. The van der Waals surface area contributed by atoms with Crippen LogP contribution in [-0.2, 0) is 16.1 Å². The summed E-state index contributed by atoms with van der Waals surface area (Å²) >= 11 is 13.0. The molecular formula is C23H25Cl2N3O4S. The second kappa shape index (κ2) is 12.2. The fourth-order valence-electron chi connectivity index (χ4n) is 3.08. The van der Waals surface area contributed by atoms with Crippen LogP contribution in [0.2, 0.25) is 10.0 Å². The van der Waals surface area contributed by atoms with Crippen LogP contribution >= 0.6 is 35.1 Å². The molecule has 1 fully saturated rings.